The Labute approximate surface area is 108 Å². The highest BCUT2D eigenvalue weighted by Gasteiger charge is 2.40. The average molecular weight is 254 g/mol. The van der Waals surface area contributed by atoms with E-state index in [2.05, 4.69) is 12.2 Å². The fraction of sp³-hybridized carbons (Fsp3) is 0.846. The molecule has 4 unspecified atom stereocenters. The highest BCUT2D eigenvalue weighted by Crippen LogP contribution is 2.27. The van der Waals surface area contributed by atoms with Crippen molar-refractivity contribution in [2.45, 2.75) is 51.6 Å². The Balaban J connectivity index is 1.98. The van der Waals surface area contributed by atoms with E-state index in [0.29, 0.717) is 12.5 Å². The summed E-state index contributed by atoms with van der Waals surface area (Å²) < 4.78 is 0. The number of nitrogens with one attached hydrogen (secondary N) is 1. The van der Waals surface area contributed by atoms with Crippen molar-refractivity contribution in [1.29, 1.82) is 0 Å². The summed E-state index contributed by atoms with van der Waals surface area (Å²) in [4.78, 5) is 24.8. The number of carboxylic acid groups (broad SMARTS) is 1. The highest BCUT2D eigenvalue weighted by atomic mass is 16.4. The monoisotopic (exact) mass is 254 g/mol. The van der Waals surface area contributed by atoms with Gasteiger partial charge in [-0.25, -0.2) is 9.59 Å². The third kappa shape index (κ3) is 2.44. The Bertz CT molecular complexity index is 345. The van der Waals surface area contributed by atoms with E-state index in [9.17, 15) is 14.7 Å². The summed E-state index contributed by atoms with van der Waals surface area (Å²) in [6.45, 7) is 4.58. The first-order valence-electron chi connectivity index (χ1n) is 6.80. The minimum Gasteiger partial charge on any atom is -0.480 e. The van der Waals surface area contributed by atoms with Gasteiger partial charge in [-0.2, -0.15) is 0 Å². The zero-order valence-corrected chi connectivity index (χ0v) is 11.1. The number of carbonyl (C=O) groups excluding carboxylic acids is 1. The van der Waals surface area contributed by atoms with Crippen molar-refractivity contribution in [2.75, 3.05) is 6.54 Å². The lowest BCUT2D eigenvalue weighted by atomic mass is 10.0. The Morgan fingerprint density at radius 1 is 1.17 bits per heavy atom. The molecule has 2 fully saturated rings. The Morgan fingerprint density at radius 2 is 1.89 bits per heavy atom. The first-order chi connectivity index (χ1) is 8.50. The van der Waals surface area contributed by atoms with Crippen molar-refractivity contribution >= 4 is 12.0 Å². The molecule has 0 radical (unpaired) electrons. The minimum atomic E-state index is -0.894. The summed E-state index contributed by atoms with van der Waals surface area (Å²) in [6, 6.07) is -0.657. The second-order valence-electron chi connectivity index (χ2n) is 5.71. The van der Waals surface area contributed by atoms with Crippen LogP contribution in [0.25, 0.3) is 0 Å². The zero-order chi connectivity index (χ0) is 13.3. The lowest BCUT2D eigenvalue weighted by molar-refractivity contribution is -0.142. The Kier molecular flexibility index (Phi) is 3.78. The van der Waals surface area contributed by atoms with Gasteiger partial charge in [-0.15, -0.1) is 0 Å². The van der Waals surface area contributed by atoms with E-state index in [1.807, 2.05) is 6.92 Å². The van der Waals surface area contributed by atoms with E-state index in [-0.39, 0.29) is 18.0 Å². The third-order valence-electron chi connectivity index (χ3n) is 4.38. The van der Waals surface area contributed by atoms with E-state index in [1.54, 1.807) is 0 Å². The highest BCUT2D eigenvalue weighted by molar-refractivity contribution is 5.83. The molecular weight excluding hydrogens is 232 g/mol. The van der Waals surface area contributed by atoms with E-state index in [4.69, 9.17) is 0 Å². The van der Waals surface area contributed by atoms with Crippen molar-refractivity contribution in [3.8, 4) is 0 Å². The van der Waals surface area contributed by atoms with Crippen LogP contribution in [0.5, 0.6) is 0 Å². The van der Waals surface area contributed by atoms with Gasteiger partial charge in [0.25, 0.3) is 0 Å². The molecule has 0 bridgehead atoms. The van der Waals surface area contributed by atoms with Crippen molar-refractivity contribution < 1.29 is 14.7 Å². The van der Waals surface area contributed by atoms with Gasteiger partial charge < -0.3 is 15.3 Å². The molecule has 0 spiro atoms. The predicted octanol–water partition coefficient (Wildman–Crippen LogP) is 1.68. The summed E-state index contributed by atoms with van der Waals surface area (Å²) >= 11 is 0. The van der Waals surface area contributed by atoms with Crippen LogP contribution in [0.4, 0.5) is 4.79 Å². The fourth-order valence-corrected chi connectivity index (χ4v) is 3.15. The quantitative estimate of drug-likeness (QED) is 0.787. The summed E-state index contributed by atoms with van der Waals surface area (Å²) in [7, 11) is 0. The van der Waals surface area contributed by atoms with E-state index < -0.39 is 12.0 Å². The number of hydrogen-bond donors (Lipinski definition) is 2. The topological polar surface area (TPSA) is 69.6 Å². The standard InChI is InChI=1S/C13H22N2O3/c1-8-4-3-5-10(8)14-13(18)15-7-6-9(2)11(15)12(16)17/h8-11H,3-7H2,1-2H3,(H,14,18)(H,16,17). The molecule has 0 aromatic rings. The molecule has 18 heavy (non-hydrogen) atoms. The molecule has 102 valence electrons. The summed E-state index contributed by atoms with van der Waals surface area (Å²) in [5, 5.41) is 12.2. The number of carboxylic acids is 1. The number of hydrogen-bond acceptors (Lipinski definition) is 2. The maximum absolute atomic E-state index is 12.2. The van der Waals surface area contributed by atoms with Crippen LogP contribution in [0, 0.1) is 11.8 Å². The van der Waals surface area contributed by atoms with E-state index in [0.717, 1.165) is 25.7 Å². The van der Waals surface area contributed by atoms with Crippen molar-refractivity contribution in [1.82, 2.24) is 10.2 Å². The number of likely N-dealkylation sites (tertiary alicyclic amines) is 1. The molecule has 4 atom stereocenters. The van der Waals surface area contributed by atoms with Gasteiger partial charge in [0.15, 0.2) is 0 Å². The van der Waals surface area contributed by atoms with Crippen LogP contribution in [0.1, 0.15) is 39.5 Å². The number of urea groups is 1. The summed E-state index contributed by atoms with van der Waals surface area (Å²) in [6.07, 6.45) is 4.06. The minimum absolute atomic E-state index is 0.0363. The predicted molar refractivity (Wildman–Crippen MR) is 67.2 cm³/mol. The molecule has 0 aromatic heterocycles. The van der Waals surface area contributed by atoms with E-state index >= 15 is 0 Å². The van der Waals surface area contributed by atoms with Crippen LogP contribution in [0.2, 0.25) is 0 Å². The zero-order valence-electron chi connectivity index (χ0n) is 11.1. The molecule has 2 rings (SSSR count). The number of rotatable bonds is 2. The maximum Gasteiger partial charge on any atom is 0.326 e. The largest absolute Gasteiger partial charge is 0.480 e. The normalized spacial score (nSPS) is 35.8. The van der Waals surface area contributed by atoms with Gasteiger partial charge in [0, 0.05) is 12.6 Å². The molecule has 1 saturated carbocycles. The van der Waals surface area contributed by atoms with Crippen LogP contribution in [0.15, 0.2) is 0 Å². The molecule has 5 nitrogen and oxygen atoms in total. The first kappa shape index (κ1) is 13.2. The van der Waals surface area contributed by atoms with Gasteiger partial charge in [0.1, 0.15) is 6.04 Å². The molecule has 2 amide bonds. The number of amides is 2. The summed E-state index contributed by atoms with van der Waals surface area (Å²) in [5.41, 5.74) is 0. The molecule has 2 aliphatic rings. The molecule has 5 heteroatoms. The second-order valence-corrected chi connectivity index (χ2v) is 5.71. The van der Waals surface area contributed by atoms with Gasteiger partial charge >= 0.3 is 12.0 Å². The smallest absolute Gasteiger partial charge is 0.326 e. The van der Waals surface area contributed by atoms with Crippen LogP contribution >= 0.6 is 0 Å². The lowest BCUT2D eigenvalue weighted by Gasteiger charge is -2.26. The molecule has 2 N–H and O–H groups in total. The molecule has 1 heterocycles. The molecule has 0 aromatic carbocycles. The number of nitrogens with zero attached hydrogens (tertiary/aromatic N) is 1. The number of carbonyl (C=O) groups is 2. The van der Waals surface area contributed by atoms with Gasteiger partial charge in [-0.1, -0.05) is 20.3 Å². The van der Waals surface area contributed by atoms with Gasteiger partial charge in [0.05, 0.1) is 0 Å². The molecule has 1 aliphatic heterocycles. The first-order valence-corrected chi connectivity index (χ1v) is 6.80. The van der Waals surface area contributed by atoms with Crippen LogP contribution in [-0.4, -0.2) is 40.6 Å². The van der Waals surface area contributed by atoms with E-state index in [1.165, 1.54) is 4.90 Å². The SMILES string of the molecule is CC1CCCC1NC(=O)N1CCC(C)C1C(=O)O. The molecule has 1 saturated heterocycles. The van der Waals surface area contributed by atoms with Gasteiger partial charge in [-0.05, 0) is 31.1 Å². The lowest BCUT2D eigenvalue weighted by Crippen LogP contribution is -2.50. The van der Waals surface area contributed by atoms with Gasteiger partial charge in [0.2, 0.25) is 0 Å². The Morgan fingerprint density at radius 3 is 2.44 bits per heavy atom. The second kappa shape index (κ2) is 5.16. The number of aliphatic carboxylic acids is 1. The molecule has 1 aliphatic carbocycles. The maximum atomic E-state index is 12.2. The molecular formula is C13H22N2O3. The fourth-order valence-electron chi connectivity index (χ4n) is 3.15. The van der Waals surface area contributed by atoms with Crippen molar-refractivity contribution in [2.24, 2.45) is 11.8 Å². The third-order valence-corrected chi connectivity index (χ3v) is 4.38. The average Bonchev–Trinajstić information content (AvgIpc) is 2.86. The Hall–Kier alpha value is -1.26. The van der Waals surface area contributed by atoms with Crippen molar-refractivity contribution in [3.63, 3.8) is 0 Å². The van der Waals surface area contributed by atoms with Crippen molar-refractivity contribution in [3.05, 3.63) is 0 Å². The summed E-state index contributed by atoms with van der Waals surface area (Å²) in [5.74, 6) is -0.360. The van der Waals surface area contributed by atoms with Crippen LogP contribution in [-0.2, 0) is 4.79 Å². The van der Waals surface area contributed by atoms with Crippen LogP contribution < -0.4 is 5.32 Å². The van der Waals surface area contributed by atoms with Gasteiger partial charge in [-0.3, -0.25) is 0 Å². The van der Waals surface area contributed by atoms with Crippen LogP contribution in [0.3, 0.4) is 0 Å².